The van der Waals surface area contributed by atoms with Crippen LogP contribution in [0, 0.1) is 5.82 Å². The molecule has 4 aliphatic rings. The first kappa shape index (κ1) is 19.6. The number of halogens is 2. The van der Waals surface area contributed by atoms with E-state index in [1.165, 1.54) is 29.0 Å². The van der Waals surface area contributed by atoms with Crippen molar-refractivity contribution in [3.8, 4) is 5.75 Å². The molecule has 30 heavy (non-hydrogen) atoms. The van der Waals surface area contributed by atoms with Crippen LogP contribution in [0.4, 0.5) is 9.39 Å². The van der Waals surface area contributed by atoms with Gasteiger partial charge in [0.25, 0.3) is 11.8 Å². The molecule has 0 spiro atoms. The number of hydrogen-bond donors (Lipinski definition) is 3. The topological polar surface area (TPSA) is 79.5 Å². The zero-order chi connectivity index (χ0) is 20.9. The summed E-state index contributed by atoms with van der Waals surface area (Å²) in [4.78, 5) is 25.6. The molecule has 3 fully saturated rings. The first-order valence-electron chi connectivity index (χ1n) is 9.93. The van der Waals surface area contributed by atoms with Gasteiger partial charge < -0.3 is 20.7 Å². The fourth-order valence-electron chi connectivity index (χ4n) is 4.76. The molecule has 3 N–H and O–H groups in total. The monoisotopic (exact) mass is 449 g/mol. The second-order valence-electron chi connectivity index (χ2n) is 8.45. The largest absolute Gasteiger partial charge is 0.484 e. The Hall–Kier alpha value is -2.32. The number of ether oxygens (including phenoxy) is 1. The lowest BCUT2D eigenvalue weighted by atomic mass is 9.44. The lowest BCUT2D eigenvalue weighted by Crippen LogP contribution is -2.84. The average molecular weight is 450 g/mol. The van der Waals surface area contributed by atoms with Crippen molar-refractivity contribution in [3.63, 3.8) is 0 Å². The normalized spacial score (nSPS) is 25.8. The fraction of sp³-hybridized carbons (Fsp3) is 0.429. The predicted molar refractivity (Wildman–Crippen MR) is 113 cm³/mol. The molecule has 0 saturated heterocycles. The maximum atomic E-state index is 13.4. The van der Waals surface area contributed by atoms with Gasteiger partial charge >= 0.3 is 0 Å². The number of amides is 2. The number of rotatable bonds is 6. The molecule has 0 radical (unpaired) electrons. The number of carbonyl (C=O) groups excluding carboxylic acids is 2. The van der Waals surface area contributed by atoms with E-state index in [9.17, 15) is 14.0 Å². The SMILES string of the molecule is O=C(COc1ccc(Cl)c(F)c1)NC12CC(NC(=O)c3cc4c(s3)NCCC4)(C1)C2. The molecule has 0 unspecified atom stereocenters. The number of anilines is 1. The minimum absolute atomic E-state index is 0.00648. The summed E-state index contributed by atoms with van der Waals surface area (Å²) in [7, 11) is 0. The molecule has 3 aliphatic carbocycles. The highest BCUT2D eigenvalue weighted by Gasteiger charge is 2.69. The lowest BCUT2D eigenvalue weighted by Gasteiger charge is -2.70. The van der Waals surface area contributed by atoms with Gasteiger partial charge in [-0.05, 0) is 55.9 Å². The van der Waals surface area contributed by atoms with Crippen molar-refractivity contribution >= 4 is 39.8 Å². The molecule has 9 heteroatoms. The van der Waals surface area contributed by atoms with Gasteiger partial charge in [0.05, 0.1) is 14.9 Å². The van der Waals surface area contributed by atoms with Gasteiger partial charge in [0.1, 0.15) is 11.6 Å². The number of hydrogen-bond acceptors (Lipinski definition) is 5. The van der Waals surface area contributed by atoms with Crippen LogP contribution in [-0.2, 0) is 11.2 Å². The number of benzene rings is 1. The highest BCUT2D eigenvalue weighted by atomic mass is 35.5. The van der Waals surface area contributed by atoms with Gasteiger partial charge in [0.15, 0.2) is 6.61 Å². The van der Waals surface area contributed by atoms with Crippen molar-refractivity contribution in [1.29, 1.82) is 0 Å². The number of fused-ring (bicyclic) bond motifs is 1. The summed E-state index contributed by atoms with van der Waals surface area (Å²) < 4.78 is 18.8. The van der Waals surface area contributed by atoms with E-state index in [0.29, 0.717) is 0 Å². The molecule has 2 bridgehead atoms. The molecule has 3 saturated carbocycles. The van der Waals surface area contributed by atoms with E-state index in [1.807, 2.05) is 6.07 Å². The smallest absolute Gasteiger partial charge is 0.261 e. The molecule has 1 aliphatic heterocycles. The van der Waals surface area contributed by atoms with Crippen molar-refractivity contribution in [2.75, 3.05) is 18.5 Å². The third-order valence-corrected chi connectivity index (χ3v) is 7.46. The van der Waals surface area contributed by atoms with Crippen LogP contribution in [0.2, 0.25) is 5.02 Å². The van der Waals surface area contributed by atoms with Crippen molar-refractivity contribution in [2.45, 2.75) is 43.2 Å². The molecule has 6 nitrogen and oxygen atoms in total. The Bertz CT molecular complexity index is 997. The van der Waals surface area contributed by atoms with E-state index in [1.54, 1.807) is 0 Å². The van der Waals surface area contributed by atoms with Gasteiger partial charge in [-0.2, -0.15) is 0 Å². The molecule has 6 rings (SSSR count). The molecule has 0 atom stereocenters. The number of aryl methyl sites for hydroxylation is 1. The van der Waals surface area contributed by atoms with E-state index in [0.717, 1.165) is 54.6 Å². The molecular weight excluding hydrogens is 429 g/mol. The second-order valence-corrected chi connectivity index (χ2v) is 9.91. The van der Waals surface area contributed by atoms with Gasteiger partial charge in [-0.1, -0.05) is 11.6 Å². The van der Waals surface area contributed by atoms with E-state index in [4.69, 9.17) is 16.3 Å². The second kappa shape index (κ2) is 7.13. The molecule has 2 heterocycles. The fourth-order valence-corrected chi connectivity index (χ4v) is 5.91. The maximum Gasteiger partial charge on any atom is 0.261 e. The summed E-state index contributed by atoms with van der Waals surface area (Å²) >= 11 is 7.14. The number of thiophene rings is 1. The van der Waals surface area contributed by atoms with Gasteiger partial charge in [0.2, 0.25) is 0 Å². The van der Waals surface area contributed by atoms with Gasteiger partial charge in [-0.15, -0.1) is 11.3 Å². The zero-order valence-corrected chi connectivity index (χ0v) is 17.7. The van der Waals surface area contributed by atoms with Crippen LogP contribution in [0.25, 0.3) is 0 Å². The molecular formula is C21H21ClFN3O3S. The zero-order valence-electron chi connectivity index (χ0n) is 16.1. The van der Waals surface area contributed by atoms with Crippen LogP contribution < -0.4 is 20.7 Å². The summed E-state index contributed by atoms with van der Waals surface area (Å²) in [5.74, 6) is -0.638. The van der Waals surface area contributed by atoms with E-state index in [-0.39, 0.29) is 40.3 Å². The van der Waals surface area contributed by atoms with E-state index in [2.05, 4.69) is 16.0 Å². The highest BCUT2D eigenvalue weighted by Crippen LogP contribution is 2.60. The summed E-state index contributed by atoms with van der Waals surface area (Å²) in [5.41, 5.74) is 0.732. The maximum absolute atomic E-state index is 13.4. The van der Waals surface area contributed by atoms with Crippen molar-refractivity contribution in [3.05, 3.63) is 45.5 Å². The molecule has 158 valence electrons. The lowest BCUT2D eigenvalue weighted by molar-refractivity contribution is -0.141. The highest BCUT2D eigenvalue weighted by molar-refractivity contribution is 7.18. The molecule has 2 aromatic rings. The standard InChI is InChI=1S/C21H21ClFN3O3S/c22-14-4-3-13(7-15(14)23)29-8-17(27)25-20-9-21(10-20,11-20)26-18(28)16-6-12-2-1-5-24-19(12)30-16/h3-4,6-7,24H,1-2,5,8-11H2,(H,25,27)(H,26,28). The Balaban J connectivity index is 1.10. The van der Waals surface area contributed by atoms with Crippen LogP contribution in [0.1, 0.15) is 40.9 Å². The predicted octanol–water partition coefficient (Wildman–Crippen LogP) is 3.50. The molecule has 2 amide bonds. The minimum atomic E-state index is -0.589. The summed E-state index contributed by atoms with van der Waals surface area (Å²) in [6, 6.07) is 6.04. The van der Waals surface area contributed by atoms with Crippen molar-refractivity contribution < 1.29 is 18.7 Å². The van der Waals surface area contributed by atoms with E-state index < -0.39 is 5.82 Å². The Morgan fingerprint density at radius 2 is 1.97 bits per heavy atom. The van der Waals surface area contributed by atoms with Gasteiger partial charge in [-0.3, -0.25) is 9.59 Å². The van der Waals surface area contributed by atoms with Crippen molar-refractivity contribution in [1.82, 2.24) is 10.6 Å². The van der Waals surface area contributed by atoms with Crippen LogP contribution in [-0.4, -0.2) is 36.0 Å². The van der Waals surface area contributed by atoms with Gasteiger partial charge in [0, 0.05) is 23.7 Å². The molecule has 1 aromatic carbocycles. The van der Waals surface area contributed by atoms with Crippen LogP contribution in [0.3, 0.4) is 0 Å². The number of nitrogens with one attached hydrogen (secondary N) is 3. The first-order chi connectivity index (χ1) is 14.4. The summed E-state index contributed by atoms with van der Waals surface area (Å²) in [6.45, 7) is 0.757. The quantitative estimate of drug-likeness (QED) is 0.630. The number of carbonyl (C=O) groups is 2. The Kier molecular flexibility index (Phi) is 4.67. The molecule has 1 aromatic heterocycles. The van der Waals surface area contributed by atoms with Crippen LogP contribution >= 0.6 is 22.9 Å². The third kappa shape index (κ3) is 3.52. The summed E-state index contributed by atoms with van der Waals surface area (Å²) in [6.07, 6.45) is 4.26. The third-order valence-electron chi connectivity index (χ3n) is 6.02. The minimum Gasteiger partial charge on any atom is -0.484 e. The van der Waals surface area contributed by atoms with Gasteiger partial charge in [-0.25, -0.2) is 4.39 Å². The first-order valence-corrected chi connectivity index (χ1v) is 11.1. The van der Waals surface area contributed by atoms with E-state index >= 15 is 0 Å². The Morgan fingerprint density at radius 1 is 1.20 bits per heavy atom. The summed E-state index contributed by atoms with van der Waals surface area (Å²) in [5, 5.41) is 10.6. The van der Waals surface area contributed by atoms with Crippen molar-refractivity contribution in [2.24, 2.45) is 0 Å². The van der Waals surface area contributed by atoms with Crippen LogP contribution in [0.15, 0.2) is 24.3 Å². The Labute approximate surface area is 182 Å². The average Bonchev–Trinajstić information content (AvgIpc) is 3.10. The Morgan fingerprint density at radius 3 is 2.70 bits per heavy atom. The van der Waals surface area contributed by atoms with Crippen LogP contribution in [0.5, 0.6) is 5.75 Å².